The van der Waals surface area contributed by atoms with Crippen LogP contribution in [-0.4, -0.2) is 29.1 Å². The molecule has 0 aromatic heterocycles. The van der Waals surface area contributed by atoms with Crippen molar-refractivity contribution in [2.24, 2.45) is 23.5 Å². The minimum Gasteiger partial charge on any atom is -0.328 e. The highest BCUT2D eigenvalue weighted by atomic mass is 15.2. The molecule has 0 radical (unpaired) electrons. The molecule has 0 amide bonds. The van der Waals surface area contributed by atoms with Gasteiger partial charge in [-0.15, -0.1) is 0 Å². The van der Waals surface area contributed by atoms with E-state index < -0.39 is 0 Å². The first-order chi connectivity index (χ1) is 10.2. The maximum absolute atomic E-state index is 6.32. The molecule has 2 N–H and O–H groups in total. The average molecular weight is 290 g/mol. The summed E-state index contributed by atoms with van der Waals surface area (Å²) < 4.78 is 0. The Kier molecular flexibility index (Phi) is 4.04. The topological polar surface area (TPSA) is 29.3 Å². The summed E-state index contributed by atoms with van der Waals surface area (Å²) in [4.78, 5) is 3.00. The van der Waals surface area contributed by atoms with Crippen LogP contribution in [-0.2, 0) is 0 Å². The number of fused-ring (bicyclic) bond motifs is 4. The second-order valence-corrected chi connectivity index (χ2v) is 8.76. The van der Waals surface area contributed by atoms with E-state index in [1.807, 2.05) is 0 Å². The summed E-state index contributed by atoms with van der Waals surface area (Å²) in [5, 5.41) is 0. The second kappa shape index (κ2) is 5.85. The van der Waals surface area contributed by atoms with Gasteiger partial charge in [-0.3, -0.25) is 4.90 Å². The Hall–Kier alpha value is -0.0800. The van der Waals surface area contributed by atoms with Crippen LogP contribution in [0.15, 0.2) is 0 Å². The van der Waals surface area contributed by atoms with Crippen LogP contribution in [0.3, 0.4) is 0 Å². The highest BCUT2D eigenvalue weighted by molar-refractivity contribution is 5.00. The van der Waals surface area contributed by atoms with Crippen molar-refractivity contribution < 1.29 is 0 Å². The van der Waals surface area contributed by atoms with E-state index in [1.54, 1.807) is 6.42 Å². The quantitative estimate of drug-likeness (QED) is 0.835. The molecule has 4 fully saturated rings. The van der Waals surface area contributed by atoms with Gasteiger partial charge in [-0.25, -0.2) is 0 Å². The molecule has 2 unspecified atom stereocenters. The van der Waals surface area contributed by atoms with Crippen LogP contribution >= 0.6 is 0 Å². The fourth-order valence-corrected chi connectivity index (χ4v) is 6.59. The number of rotatable bonds is 2. The molecule has 2 saturated heterocycles. The van der Waals surface area contributed by atoms with Gasteiger partial charge in [-0.05, 0) is 75.5 Å². The summed E-state index contributed by atoms with van der Waals surface area (Å²) in [5.74, 6) is 3.14. The zero-order valence-corrected chi connectivity index (χ0v) is 13.8. The van der Waals surface area contributed by atoms with Gasteiger partial charge in [0.05, 0.1) is 0 Å². The third-order valence-corrected chi connectivity index (χ3v) is 7.28. The minimum atomic E-state index is 0.490. The van der Waals surface area contributed by atoms with Crippen molar-refractivity contribution in [3.05, 3.63) is 0 Å². The molecule has 7 atom stereocenters. The summed E-state index contributed by atoms with van der Waals surface area (Å²) in [6, 6.07) is 3.06. The van der Waals surface area contributed by atoms with Gasteiger partial charge < -0.3 is 5.73 Å². The van der Waals surface area contributed by atoms with Crippen LogP contribution in [0.25, 0.3) is 0 Å². The average Bonchev–Trinajstić information content (AvgIpc) is 2.45. The number of hydrogen-bond acceptors (Lipinski definition) is 2. The van der Waals surface area contributed by atoms with Gasteiger partial charge in [-0.1, -0.05) is 19.8 Å². The van der Waals surface area contributed by atoms with Crippen LogP contribution in [0.4, 0.5) is 0 Å². The zero-order valence-electron chi connectivity index (χ0n) is 13.8. The van der Waals surface area contributed by atoms with E-state index in [4.69, 9.17) is 5.73 Å². The molecule has 120 valence electrons. The van der Waals surface area contributed by atoms with Gasteiger partial charge in [0, 0.05) is 24.2 Å². The lowest BCUT2D eigenvalue weighted by Crippen LogP contribution is -2.60. The monoisotopic (exact) mass is 290 g/mol. The maximum Gasteiger partial charge on any atom is 0.0116 e. The summed E-state index contributed by atoms with van der Waals surface area (Å²) in [6.07, 6.45) is 15.9. The van der Waals surface area contributed by atoms with Crippen molar-refractivity contribution in [1.29, 1.82) is 0 Å². The molecule has 2 aliphatic carbocycles. The van der Waals surface area contributed by atoms with E-state index in [1.165, 1.54) is 64.2 Å². The van der Waals surface area contributed by atoms with Crippen molar-refractivity contribution >= 4 is 0 Å². The first-order valence-electron chi connectivity index (χ1n) is 9.76. The van der Waals surface area contributed by atoms with Crippen LogP contribution in [0.5, 0.6) is 0 Å². The Balaban J connectivity index is 1.47. The summed E-state index contributed by atoms with van der Waals surface area (Å²) >= 11 is 0. The van der Waals surface area contributed by atoms with Crippen LogP contribution in [0, 0.1) is 17.8 Å². The fraction of sp³-hybridized carbons (Fsp3) is 1.00. The third kappa shape index (κ3) is 2.79. The van der Waals surface area contributed by atoms with Gasteiger partial charge in [0.25, 0.3) is 0 Å². The molecular weight excluding hydrogens is 256 g/mol. The third-order valence-electron chi connectivity index (χ3n) is 7.28. The van der Waals surface area contributed by atoms with Crippen molar-refractivity contribution in [3.8, 4) is 0 Å². The van der Waals surface area contributed by atoms with E-state index in [0.29, 0.717) is 6.04 Å². The highest BCUT2D eigenvalue weighted by Crippen LogP contribution is 2.47. The van der Waals surface area contributed by atoms with E-state index in [-0.39, 0.29) is 0 Å². The highest BCUT2D eigenvalue weighted by Gasteiger charge is 2.44. The lowest BCUT2D eigenvalue weighted by Gasteiger charge is -2.55. The first-order valence-corrected chi connectivity index (χ1v) is 9.76. The number of nitrogens with zero attached hydrogens (tertiary/aromatic N) is 1. The SMILES string of the molecule is CCC1C[C@@H]2C[C@H](C1)C[C@@H](N1[C@@H]3CCC[C@H]1CC(N)C3)C2. The van der Waals surface area contributed by atoms with Crippen LogP contribution in [0.2, 0.25) is 0 Å². The number of nitrogens with two attached hydrogens (primary N) is 1. The van der Waals surface area contributed by atoms with E-state index in [9.17, 15) is 0 Å². The molecule has 2 nitrogen and oxygen atoms in total. The molecular formula is C19H34N2. The Morgan fingerprint density at radius 1 is 0.810 bits per heavy atom. The smallest absolute Gasteiger partial charge is 0.0116 e. The number of hydrogen-bond donors (Lipinski definition) is 1. The molecule has 2 heterocycles. The molecule has 0 aromatic rings. The molecule has 0 spiro atoms. The van der Waals surface area contributed by atoms with Crippen molar-refractivity contribution in [2.75, 3.05) is 0 Å². The van der Waals surface area contributed by atoms with Crippen LogP contribution in [0.1, 0.15) is 77.6 Å². The molecule has 21 heavy (non-hydrogen) atoms. The minimum absolute atomic E-state index is 0.490. The van der Waals surface area contributed by atoms with Gasteiger partial charge >= 0.3 is 0 Å². The molecule has 2 aliphatic heterocycles. The van der Waals surface area contributed by atoms with Crippen molar-refractivity contribution in [2.45, 2.75) is 102 Å². The second-order valence-electron chi connectivity index (χ2n) is 8.76. The van der Waals surface area contributed by atoms with E-state index in [0.717, 1.165) is 35.9 Å². The predicted octanol–water partition coefficient (Wildman–Crippen LogP) is 3.94. The van der Waals surface area contributed by atoms with E-state index in [2.05, 4.69) is 11.8 Å². The maximum atomic E-state index is 6.32. The first kappa shape index (κ1) is 14.5. The fourth-order valence-electron chi connectivity index (χ4n) is 6.59. The zero-order chi connectivity index (χ0) is 14.4. The molecule has 4 aliphatic rings. The molecule has 4 rings (SSSR count). The molecule has 2 heteroatoms. The van der Waals surface area contributed by atoms with Gasteiger partial charge in [-0.2, -0.15) is 0 Å². The molecule has 4 bridgehead atoms. The lowest BCUT2D eigenvalue weighted by molar-refractivity contribution is -0.0456. The molecule has 0 aromatic carbocycles. The Morgan fingerprint density at radius 2 is 1.43 bits per heavy atom. The van der Waals surface area contributed by atoms with E-state index >= 15 is 0 Å². The largest absolute Gasteiger partial charge is 0.328 e. The molecule has 2 saturated carbocycles. The Labute approximate surface area is 130 Å². The van der Waals surface area contributed by atoms with Crippen LogP contribution < -0.4 is 5.73 Å². The normalized spacial score (nSPS) is 50.9. The van der Waals surface area contributed by atoms with Crippen molar-refractivity contribution in [3.63, 3.8) is 0 Å². The standard InChI is InChI=1S/C19H34N2/c1-2-13-6-14-8-15(7-13)10-19(9-14)21-17-4-3-5-18(21)12-16(20)11-17/h13-19H,2-12,20H2,1H3/t13?,14-,15+,16?,17-,18+,19+. The van der Waals surface area contributed by atoms with Gasteiger partial charge in [0.2, 0.25) is 0 Å². The summed E-state index contributed by atoms with van der Waals surface area (Å²) in [6.45, 7) is 2.40. The number of piperidine rings is 2. The predicted molar refractivity (Wildman–Crippen MR) is 88.1 cm³/mol. The summed E-state index contributed by atoms with van der Waals surface area (Å²) in [7, 11) is 0. The van der Waals surface area contributed by atoms with Gasteiger partial charge in [0.15, 0.2) is 0 Å². The lowest BCUT2D eigenvalue weighted by atomic mass is 9.65. The summed E-state index contributed by atoms with van der Waals surface area (Å²) in [5.41, 5.74) is 6.32. The Morgan fingerprint density at radius 3 is 2.00 bits per heavy atom. The van der Waals surface area contributed by atoms with Gasteiger partial charge in [0.1, 0.15) is 0 Å². The van der Waals surface area contributed by atoms with Crippen molar-refractivity contribution in [1.82, 2.24) is 4.90 Å². The Bertz CT molecular complexity index is 341.